The van der Waals surface area contributed by atoms with E-state index in [0.29, 0.717) is 23.8 Å². The maximum absolute atomic E-state index is 10.6. The molecule has 0 bridgehead atoms. The van der Waals surface area contributed by atoms with Gasteiger partial charge < -0.3 is 24.7 Å². The van der Waals surface area contributed by atoms with Crippen molar-refractivity contribution in [2.24, 2.45) is 5.92 Å². The van der Waals surface area contributed by atoms with Gasteiger partial charge in [0.1, 0.15) is 17.2 Å². The first kappa shape index (κ1) is 25.5. The van der Waals surface area contributed by atoms with Crippen LogP contribution in [0.1, 0.15) is 46.0 Å². The number of carbonyl (C=O) groups excluding carboxylic acids is 1. The third kappa shape index (κ3) is 6.93. The lowest BCUT2D eigenvalue weighted by molar-refractivity contribution is -0.105. The van der Waals surface area contributed by atoms with Gasteiger partial charge in [0, 0.05) is 23.3 Å². The Kier molecular flexibility index (Phi) is 9.27. The molecule has 2 aliphatic carbocycles. The molecule has 0 aromatic carbocycles. The molecule has 2 N–H and O–H groups in total. The van der Waals surface area contributed by atoms with Gasteiger partial charge in [0.25, 0.3) is 0 Å². The minimum Gasteiger partial charge on any atom is -0.490 e. The molecule has 0 aliphatic heterocycles. The van der Waals surface area contributed by atoms with E-state index >= 15 is 0 Å². The molecule has 0 unspecified atom stereocenters. The van der Waals surface area contributed by atoms with Crippen LogP contribution in [-0.2, 0) is 4.79 Å². The molecule has 0 radical (unpaired) electrons. The van der Waals surface area contributed by atoms with Gasteiger partial charge in [-0.2, -0.15) is 0 Å². The first-order valence-corrected chi connectivity index (χ1v) is 12.1. The fourth-order valence-corrected chi connectivity index (χ4v) is 3.49. The Labute approximate surface area is 202 Å². The van der Waals surface area contributed by atoms with Gasteiger partial charge in [-0.05, 0) is 64.0 Å². The van der Waals surface area contributed by atoms with Gasteiger partial charge in [-0.1, -0.05) is 26.7 Å². The summed E-state index contributed by atoms with van der Waals surface area (Å²) >= 11 is 0. The van der Waals surface area contributed by atoms with Gasteiger partial charge in [0.15, 0.2) is 0 Å². The second-order valence-corrected chi connectivity index (χ2v) is 8.60. The van der Waals surface area contributed by atoms with Crippen molar-refractivity contribution in [1.29, 1.82) is 0 Å². The SMILES string of the molecule is CC.CN(C)CCC1CC1.COc1nccc(OC2CC2)c1-c1c[nH]c2nc(NC=O)ccc12. The van der Waals surface area contributed by atoms with Crippen LogP contribution in [0, 0.1) is 5.92 Å². The highest BCUT2D eigenvalue weighted by atomic mass is 16.5. The number of H-pyrrole nitrogens is 1. The Hall–Kier alpha value is -3.13. The fourth-order valence-electron chi connectivity index (χ4n) is 3.49. The number of carbonyl (C=O) groups is 1. The predicted molar refractivity (Wildman–Crippen MR) is 136 cm³/mol. The zero-order chi connectivity index (χ0) is 24.5. The molecule has 0 saturated heterocycles. The lowest BCUT2D eigenvalue weighted by atomic mass is 10.1. The van der Waals surface area contributed by atoms with Gasteiger partial charge in [-0.3, -0.25) is 4.79 Å². The average Bonchev–Trinajstić information content (AvgIpc) is 3.79. The van der Waals surface area contributed by atoms with Crippen molar-refractivity contribution in [2.75, 3.05) is 33.1 Å². The molecule has 2 fully saturated rings. The van der Waals surface area contributed by atoms with Crippen LogP contribution in [0.4, 0.5) is 5.82 Å². The minimum absolute atomic E-state index is 0.266. The molecule has 2 saturated carbocycles. The molecular formula is C26H37N5O3. The van der Waals surface area contributed by atoms with Gasteiger partial charge in [-0.25, -0.2) is 9.97 Å². The van der Waals surface area contributed by atoms with Gasteiger partial charge in [0.2, 0.25) is 12.3 Å². The van der Waals surface area contributed by atoms with E-state index in [9.17, 15) is 4.79 Å². The second kappa shape index (κ2) is 12.4. The molecule has 2 aliphatic rings. The van der Waals surface area contributed by atoms with Crippen LogP contribution < -0.4 is 14.8 Å². The summed E-state index contributed by atoms with van der Waals surface area (Å²) in [6.07, 6.45) is 10.9. The molecule has 34 heavy (non-hydrogen) atoms. The van der Waals surface area contributed by atoms with Crippen LogP contribution >= 0.6 is 0 Å². The van der Waals surface area contributed by atoms with Crippen molar-refractivity contribution >= 4 is 23.3 Å². The van der Waals surface area contributed by atoms with Crippen molar-refractivity contribution in [1.82, 2.24) is 19.9 Å². The van der Waals surface area contributed by atoms with E-state index in [1.165, 1.54) is 25.8 Å². The van der Waals surface area contributed by atoms with Crippen molar-refractivity contribution in [3.8, 4) is 22.8 Å². The topological polar surface area (TPSA) is 92.4 Å². The largest absolute Gasteiger partial charge is 0.490 e. The number of ether oxygens (including phenoxy) is 2. The Balaban J connectivity index is 0.000000274. The van der Waals surface area contributed by atoms with E-state index < -0.39 is 0 Å². The molecule has 3 aromatic rings. The van der Waals surface area contributed by atoms with Gasteiger partial charge in [0.05, 0.1) is 18.8 Å². The maximum atomic E-state index is 10.6. The molecule has 1 amide bonds. The predicted octanol–water partition coefficient (Wildman–Crippen LogP) is 5.12. The Bertz CT molecular complexity index is 1060. The monoisotopic (exact) mass is 467 g/mol. The first-order valence-electron chi connectivity index (χ1n) is 12.1. The summed E-state index contributed by atoms with van der Waals surface area (Å²) in [6, 6.07) is 5.50. The van der Waals surface area contributed by atoms with E-state index in [1.807, 2.05) is 32.2 Å². The standard InChI is InChI=1S/C17H16N4O3.C7H15N.C2H6/c1-23-17-15(13(6-7-18-17)24-10-2-3-10)12-8-19-16-11(12)4-5-14(21-16)20-9-22;1-8(2)6-5-7-3-4-7;1-2/h4-10H,2-3H2,1H3,(H2,19,20,21,22);7H,3-6H2,1-2H3;1-2H3. The first-order chi connectivity index (χ1) is 16.6. The number of pyridine rings is 2. The number of hydrogen-bond donors (Lipinski definition) is 2. The molecule has 0 spiro atoms. The Morgan fingerprint density at radius 3 is 2.56 bits per heavy atom. The molecule has 3 heterocycles. The summed E-state index contributed by atoms with van der Waals surface area (Å²) in [5.41, 5.74) is 2.37. The summed E-state index contributed by atoms with van der Waals surface area (Å²) in [4.78, 5) is 24.6. The number of nitrogens with zero attached hydrogens (tertiary/aromatic N) is 3. The number of rotatable bonds is 9. The molecule has 8 heteroatoms. The summed E-state index contributed by atoms with van der Waals surface area (Å²) in [7, 11) is 5.87. The van der Waals surface area contributed by atoms with E-state index in [4.69, 9.17) is 9.47 Å². The lowest BCUT2D eigenvalue weighted by Crippen LogP contribution is -2.13. The maximum Gasteiger partial charge on any atom is 0.224 e. The van der Waals surface area contributed by atoms with Crippen LogP contribution in [0.5, 0.6) is 11.6 Å². The van der Waals surface area contributed by atoms with Crippen LogP contribution in [0.25, 0.3) is 22.2 Å². The minimum atomic E-state index is 0.266. The average molecular weight is 468 g/mol. The quantitative estimate of drug-likeness (QED) is 0.425. The third-order valence-electron chi connectivity index (χ3n) is 5.59. The summed E-state index contributed by atoms with van der Waals surface area (Å²) in [5, 5.41) is 3.44. The zero-order valence-corrected chi connectivity index (χ0v) is 20.9. The number of methoxy groups -OCH3 is 1. The molecule has 184 valence electrons. The summed E-state index contributed by atoms with van der Waals surface area (Å²) in [6.45, 7) is 5.28. The Morgan fingerprint density at radius 1 is 1.18 bits per heavy atom. The van der Waals surface area contributed by atoms with Crippen LogP contribution in [0.3, 0.4) is 0 Å². The molecular weight excluding hydrogens is 430 g/mol. The molecule has 3 aromatic heterocycles. The van der Waals surface area contributed by atoms with E-state index in [-0.39, 0.29) is 6.10 Å². The van der Waals surface area contributed by atoms with Crippen molar-refractivity contribution in [3.63, 3.8) is 0 Å². The molecule has 0 atom stereocenters. The number of aromatic amines is 1. The number of aromatic nitrogens is 3. The van der Waals surface area contributed by atoms with Crippen LogP contribution in [0.15, 0.2) is 30.6 Å². The highest BCUT2D eigenvalue weighted by molar-refractivity contribution is 5.97. The number of hydrogen-bond acceptors (Lipinski definition) is 6. The van der Waals surface area contributed by atoms with Crippen molar-refractivity contribution < 1.29 is 14.3 Å². The Morgan fingerprint density at radius 2 is 1.94 bits per heavy atom. The van der Waals surface area contributed by atoms with Gasteiger partial charge >= 0.3 is 0 Å². The van der Waals surface area contributed by atoms with E-state index in [0.717, 1.165) is 41.0 Å². The fraction of sp³-hybridized carbons (Fsp3) is 0.500. The van der Waals surface area contributed by atoms with Crippen molar-refractivity contribution in [3.05, 3.63) is 30.6 Å². The van der Waals surface area contributed by atoms with E-state index in [1.54, 1.807) is 19.4 Å². The summed E-state index contributed by atoms with van der Waals surface area (Å²) in [5.74, 6) is 2.83. The van der Waals surface area contributed by atoms with Gasteiger partial charge in [-0.15, -0.1) is 0 Å². The number of fused-ring (bicyclic) bond motifs is 1. The highest BCUT2D eigenvalue weighted by Crippen LogP contribution is 2.42. The zero-order valence-electron chi connectivity index (χ0n) is 20.9. The smallest absolute Gasteiger partial charge is 0.224 e. The normalized spacial score (nSPS) is 14.5. The molecule has 8 nitrogen and oxygen atoms in total. The number of amides is 1. The third-order valence-corrected chi connectivity index (χ3v) is 5.59. The number of anilines is 1. The highest BCUT2D eigenvalue weighted by Gasteiger charge is 2.27. The summed E-state index contributed by atoms with van der Waals surface area (Å²) < 4.78 is 11.5. The number of nitrogens with one attached hydrogen (secondary N) is 2. The van der Waals surface area contributed by atoms with E-state index in [2.05, 4.69) is 39.3 Å². The second-order valence-electron chi connectivity index (χ2n) is 8.60. The van der Waals surface area contributed by atoms with Crippen LogP contribution in [-0.4, -0.2) is 60.1 Å². The lowest BCUT2D eigenvalue weighted by Gasteiger charge is -2.13. The van der Waals surface area contributed by atoms with Crippen molar-refractivity contribution in [2.45, 2.75) is 52.1 Å². The van der Waals surface area contributed by atoms with Crippen LogP contribution in [0.2, 0.25) is 0 Å². The molecule has 5 rings (SSSR count).